The van der Waals surface area contributed by atoms with E-state index in [2.05, 4.69) is 19.2 Å². The zero-order chi connectivity index (χ0) is 18.9. The van der Waals surface area contributed by atoms with Gasteiger partial charge in [0.1, 0.15) is 6.10 Å². The first-order valence-electron chi connectivity index (χ1n) is 9.65. The molecule has 0 bridgehead atoms. The van der Waals surface area contributed by atoms with E-state index in [1.807, 2.05) is 13.8 Å². The predicted molar refractivity (Wildman–Crippen MR) is 99.3 cm³/mol. The molecule has 0 radical (unpaired) electrons. The zero-order valence-electron chi connectivity index (χ0n) is 16.8. The maximum Gasteiger partial charge on any atom is 0.311 e. The van der Waals surface area contributed by atoms with E-state index >= 15 is 0 Å². The van der Waals surface area contributed by atoms with Gasteiger partial charge in [0.25, 0.3) is 0 Å². The van der Waals surface area contributed by atoms with Crippen molar-refractivity contribution in [3.8, 4) is 0 Å². The van der Waals surface area contributed by atoms with Gasteiger partial charge in [-0.1, -0.05) is 20.3 Å². The van der Waals surface area contributed by atoms with Crippen molar-refractivity contribution in [1.29, 1.82) is 0 Å². The van der Waals surface area contributed by atoms with E-state index in [1.165, 1.54) is 7.11 Å². The Bertz CT molecular complexity index is 425. The summed E-state index contributed by atoms with van der Waals surface area (Å²) >= 11 is 0. The molecule has 0 unspecified atom stereocenters. The predicted octanol–water partition coefficient (Wildman–Crippen LogP) is 3.85. The Morgan fingerprint density at radius 3 is 2.20 bits per heavy atom. The van der Waals surface area contributed by atoms with Crippen molar-refractivity contribution in [3.05, 3.63) is 0 Å². The molecule has 0 aliphatic carbocycles. The van der Waals surface area contributed by atoms with Gasteiger partial charge in [-0.2, -0.15) is 0 Å². The quantitative estimate of drug-likeness (QED) is 0.603. The number of hydrogen-bond acceptors (Lipinski definition) is 5. The number of esters is 2. The first kappa shape index (κ1) is 21.9. The number of rotatable bonds is 10. The van der Waals surface area contributed by atoms with Gasteiger partial charge in [-0.25, -0.2) is 0 Å². The fourth-order valence-corrected chi connectivity index (χ4v) is 3.38. The summed E-state index contributed by atoms with van der Waals surface area (Å²) in [6, 6.07) is 0. The maximum absolute atomic E-state index is 12.0. The monoisotopic (exact) mass is 355 g/mol. The minimum Gasteiger partial charge on any atom is -0.469 e. The SMILES string of the molecule is COC(=O)C(C)(C)CCCC(C)(C)CCCC(=O)OC1CCNCC1. The Morgan fingerprint density at radius 2 is 1.60 bits per heavy atom. The van der Waals surface area contributed by atoms with Crippen LogP contribution in [0.25, 0.3) is 0 Å². The second kappa shape index (κ2) is 10.1. The Kier molecular flexibility index (Phi) is 8.91. The molecule has 5 heteroatoms. The van der Waals surface area contributed by atoms with Crippen molar-refractivity contribution >= 4 is 11.9 Å². The summed E-state index contributed by atoms with van der Waals surface area (Å²) in [5.41, 5.74) is -0.259. The average Bonchev–Trinajstić information content (AvgIpc) is 2.54. The number of methoxy groups -OCH3 is 1. The van der Waals surface area contributed by atoms with Crippen LogP contribution in [0.4, 0.5) is 0 Å². The minimum atomic E-state index is -0.427. The van der Waals surface area contributed by atoms with E-state index in [0.717, 1.165) is 58.0 Å². The lowest BCUT2D eigenvalue weighted by molar-refractivity contribution is -0.151. The highest BCUT2D eigenvalue weighted by molar-refractivity contribution is 5.75. The fourth-order valence-electron chi connectivity index (χ4n) is 3.38. The molecule has 0 amide bonds. The van der Waals surface area contributed by atoms with E-state index in [1.54, 1.807) is 0 Å². The lowest BCUT2D eigenvalue weighted by Gasteiger charge is -2.27. The van der Waals surface area contributed by atoms with E-state index < -0.39 is 5.41 Å². The van der Waals surface area contributed by atoms with Gasteiger partial charge < -0.3 is 14.8 Å². The molecule has 5 nitrogen and oxygen atoms in total. The largest absolute Gasteiger partial charge is 0.469 e. The third kappa shape index (κ3) is 8.70. The van der Waals surface area contributed by atoms with Crippen LogP contribution in [0.1, 0.15) is 79.1 Å². The van der Waals surface area contributed by atoms with Crippen molar-refractivity contribution in [3.63, 3.8) is 0 Å². The second-order valence-corrected chi connectivity index (χ2v) is 8.69. The second-order valence-electron chi connectivity index (χ2n) is 8.69. The van der Waals surface area contributed by atoms with Gasteiger partial charge in [-0.15, -0.1) is 0 Å². The van der Waals surface area contributed by atoms with Crippen LogP contribution < -0.4 is 5.32 Å². The highest BCUT2D eigenvalue weighted by Gasteiger charge is 2.29. The molecule has 1 fully saturated rings. The van der Waals surface area contributed by atoms with Crippen molar-refractivity contribution in [2.45, 2.75) is 85.2 Å². The van der Waals surface area contributed by atoms with E-state index in [9.17, 15) is 9.59 Å². The lowest BCUT2D eigenvalue weighted by atomic mass is 9.79. The molecule has 0 aromatic carbocycles. The van der Waals surface area contributed by atoms with Crippen LogP contribution in [0.15, 0.2) is 0 Å². The topological polar surface area (TPSA) is 64.6 Å². The number of carbonyl (C=O) groups is 2. The Labute approximate surface area is 153 Å². The van der Waals surface area contributed by atoms with Gasteiger partial charge >= 0.3 is 11.9 Å². The van der Waals surface area contributed by atoms with Crippen molar-refractivity contribution in [2.24, 2.45) is 10.8 Å². The van der Waals surface area contributed by atoms with Crippen LogP contribution >= 0.6 is 0 Å². The summed E-state index contributed by atoms with van der Waals surface area (Å²) in [7, 11) is 1.44. The summed E-state index contributed by atoms with van der Waals surface area (Å²) in [6.45, 7) is 10.2. The molecule has 1 saturated heterocycles. The molecular weight excluding hydrogens is 318 g/mol. The first-order chi connectivity index (χ1) is 11.7. The zero-order valence-corrected chi connectivity index (χ0v) is 16.8. The number of nitrogens with one attached hydrogen (secondary N) is 1. The third-order valence-electron chi connectivity index (χ3n) is 5.21. The van der Waals surface area contributed by atoms with Crippen molar-refractivity contribution in [2.75, 3.05) is 20.2 Å². The molecule has 1 rings (SSSR count). The molecule has 0 saturated carbocycles. The molecule has 0 atom stereocenters. The third-order valence-corrected chi connectivity index (χ3v) is 5.21. The van der Waals surface area contributed by atoms with Crippen LogP contribution in [0.5, 0.6) is 0 Å². The molecule has 1 aliphatic heterocycles. The molecule has 146 valence electrons. The smallest absolute Gasteiger partial charge is 0.311 e. The average molecular weight is 356 g/mol. The highest BCUT2D eigenvalue weighted by Crippen LogP contribution is 2.33. The van der Waals surface area contributed by atoms with Gasteiger partial charge in [0.15, 0.2) is 0 Å². The van der Waals surface area contributed by atoms with Crippen LogP contribution in [-0.4, -0.2) is 38.2 Å². The van der Waals surface area contributed by atoms with Crippen LogP contribution in [0, 0.1) is 10.8 Å². The Balaban J connectivity index is 2.21. The van der Waals surface area contributed by atoms with Gasteiger partial charge in [-0.3, -0.25) is 9.59 Å². The number of carbonyl (C=O) groups excluding carboxylic acids is 2. The molecule has 1 aliphatic rings. The summed E-state index contributed by atoms with van der Waals surface area (Å²) in [6.07, 6.45) is 7.14. The van der Waals surface area contributed by atoms with E-state index in [0.29, 0.717) is 6.42 Å². The van der Waals surface area contributed by atoms with Crippen molar-refractivity contribution in [1.82, 2.24) is 5.32 Å². The molecular formula is C20H37NO4. The normalized spacial score (nSPS) is 16.5. The number of piperidine rings is 1. The van der Waals surface area contributed by atoms with Gasteiger partial charge in [-0.05, 0) is 70.9 Å². The van der Waals surface area contributed by atoms with Gasteiger partial charge in [0, 0.05) is 6.42 Å². The van der Waals surface area contributed by atoms with Crippen LogP contribution in [0.3, 0.4) is 0 Å². The molecule has 1 heterocycles. The van der Waals surface area contributed by atoms with E-state index in [4.69, 9.17) is 9.47 Å². The number of hydrogen-bond donors (Lipinski definition) is 1. The molecule has 25 heavy (non-hydrogen) atoms. The fraction of sp³-hybridized carbons (Fsp3) is 0.900. The summed E-state index contributed by atoms with van der Waals surface area (Å²) in [5.74, 6) is -0.208. The Hall–Kier alpha value is -1.10. The molecule has 0 aromatic heterocycles. The van der Waals surface area contributed by atoms with Crippen LogP contribution in [0.2, 0.25) is 0 Å². The maximum atomic E-state index is 12.0. The number of ether oxygens (including phenoxy) is 2. The highest BCUT2D eigenvalue weighted by atomic mass is 16.5. The minimum absolute atomic E-state index is 0.0606. The molecule has 0 aromatic rings. The van der Waals surface area contributed by atoms with Crippen molar-refractivity contribution < 1.29 is 19.1 Å². The standard InChI is InChI=1S/C20H37NO4/c1-19(2,12-7-13-20(3,4)18(23)24-5)11-6-8-17(22)25-16-9-14-21-15-10-16/h16,21H,6-15H2,1-5H3. The van der Waals surface area contributed by atoms with Gasteiger partial charge in [0.2, 0.25) is 0 Å². The summed E-state index contributed by atoms with van der Waals surface area (Å²) in [4.78, 5) is 23.7. The van der Waals surface area contributed by atoms with Gasteiger partial charge in [0.05, 0.1) is 12.5 Å². The summed E-state index contributed by atoms with van der Waals surface area (Å²) < 4.78 is 10.4. The lowest BCUT2D eigenvalue weighted by Crippen LogP contribution is -2.33. The van der Waals surface area contributed by atoms with E-state index in [-0.39, 0.29) is 23.5 Å². The molecule has 1 N–H and O–H groups in total. The Morgan fingerprint density at radius 1 is 1.00 bits per heavy atom. The summed E-state index contributed by atoms with van der Waals surface area (Å²) in [5, 5.41) is 3.27. The van der Waals surface area contributed by atoms with Crippen LogP contribution in [-0.2, 0) is 19.1 Å². The first-order valence-corrected chi connectivity index (χ1v) is 9.65. The molecule has 0 spiro atoms.